The third kappa shape index (κ3) is 3.04. The Morgan fingerprint density at radius 2 is 0.972 bits per heavy atom. The minimum atomic E-state index is -0.189. The largest absolute Gasteiger partial charge is 0.303 e. The number of aromatic nitrogens is 2. The Hall–Kier alpha value is -4.32. The highest BCUT2D eigenvalue weighted by Gasteiger charge is 2.51. The lowest BCUT2D eigenvalue weighted by Crippen LogP contribution is -2.36. The van der Waals surface area contributed by atoms with Crippen LogP contribution >= 0.6 is 0 Å². The number of nitrogens with zero attached hydrogens (tertiary/aromatic N) is 4. The molecule has 2 aliphatic heterocycles. The molecular weight excluding hydrogens is 448 g/mol. The van der Waals surface area contributed by atoms with Crippen LogP contribution in [0, 0.1) is 0 Å². The predicted octanol–water partition coefficient (Wildman–Crippen LogP) is 5.41. The summed E-state index contributed by atoms with van der Waals surface area (Å²) in [6, 6.07) is 19.4. The van der Waals surface area contributed by atoms with E-state index in [9.17, 15) is 9.59 Å². The van der Waals surface area contributed by atoms with Crippen molar-refractivity contribution in [3.8, 4) is 0 Å². The lowest BCUT2D eigenvalue weighted by molar-refractivity contribution is -0.125. The van der Waals surface area contributed by atoms with Gasteiger partial charge in [-0.15, -0.1) is 0 Å². The molecule has 0 aliphatic carbocycles. The van der Waals surface area contributed by atoms with Crippen molar-refractivity contribution in [3.05, 3.63) is 95.6 Å². The number of fused-ring (bicyclic) bond motifs is 3. The third-order valence-corrected chi connectivity index (χ3v) is 6.90. The molecule has 2 aliphatic rings. The molecule has 0 bridgehead atoms. The van der Waals surface area contributed by atoms with Crippen LogP contribution in [0.4, 0.5) is 0 Å². The Kier molecular flexibility index (Phi) is 5.00. The average molecular weight is 475 g/mol. The first-order valence-electron chi connectivity index (χ1n) is 12.2. The van der Waals surface area contributed by atoms with Gasteiger partial charge in [0.15, 0.2) is 0 Å². The Morgan fingerprint density at radius 3 is 1.36 bits per heavy atom. The van der Waals surface area contributed by atoms with Crippen molar-refractivity contribution in [2.75, 3.05) is 0 Å². The Balaban J connectivity index is 1.74. The fourth-order valence-corrected chi connectivity index (χ4v) is 5.41. The molecule has 0 saturated carbocycles. The van der Waals surface area contributed by atoms with Gasteiger partial charge in [-0.2, -0.15) is 0 Å². The Bertz CT molecular complexity index is 1510. The van der Waals surface area contributed by atoms with Crippen molar-refractivity contribution in [1.82, 2.24) is 19.8 Å². The van der Waals surface area contributed by atoms with Gasteiger partial charge in [0.25, 0.3) is 11.8 Å². The highest BCUT2D eigenvalue weighted by atomic mass is 16.2. The summed E-state index contributed by atoms with van der Waals surface area (Å²) in [5, 5.41) is 3.82. The molecule has 4 heterocycles. The number of carbonyl (C=O) groups is 2. The van der Waals surface area contributed by atoms with Crippen molar-refractivity contribution >= 4 is 44.8 Å². The first-order valence-corrected chi connectivity index (χ1v) is 12.2. The van der Waals surface area contributed by atoms with Crippen LogP contribution in [0.15, 0.2) is 84.2 Å². The molecule has 0 unspecified atom stereocenters. The van der Waals surface area contributed by atoms with E-state index in [1.54, 1.807) is 22.2 Å². The van der Waals surface area contributed by atoms with Gasteiger partial charge in [0.1, 0.15) is 0 Å². The van der Waals surface area contributed by atoms with Crippen LogP contribution in [0.5, 0.6) is 0 Å². The number of rotatable bonds is 4. The summed E-state index contributed by atoms with van der Waals surface area (Å²) in [5.74, 6) is -0.378. The number of hydrogen-bond donors (Lipinski definition) is 0. The van der Waals surface area contributed by atoms with Crippen LogP contribution in [0.3, 0.4) is 0 Å². The number of benzene rings is 2. The van der Waals surface area contributed by atoms with Crippen LogP contribution in [-0.2, 0) is 9.59 Å². The maximum absolute atomic E-state index is 14.2. The van der Waals surface area contributed by atoms with Gasteiger partial charge in [0.2, 0.25) is 0 Å². The molecule has 178 valence electrons. The van der Waals surface area contributed by atoms with Crippen LogP contribution in [0.25, 0.3) is 32.9 Å². The first-order chi connectivity index (χ1) is 17.4. The van der Waals surface area contributed by atoms with Crippen LogP contribution < -0.4 is 0 Å². The molecule has 6 nitrogen and oxygen atoms in total. The topological polar surface area (TPSA) is 66.4 Å². The van der Waals surface area contributed by atoms with E-state index in [1.807, 2.05) is 88.4 Å². The summed E-state index contributed by atoms with van der Waals surface area (Å²) in [6.07, 6.45) is 3.48. The van der Waals surface area contributed by atoms with Crippen molar-refractivity contribution in [2.45, 2.75) is 39.8 Å². The SMILES string of the molecule is CC(C)N1C(=O)C2=C(c3nccc4ccccc34)N(C(C)C)C(=O)C2=C1c1nccc2ccccc12. The number of hydrogen-bond acceptors (Lipinski definition) is 4. The third-order valence-electron chi connectivity index (χ3n) is 6.90. The summed E-state index contributed by atoms with van der Waals surface area (Å²) >= 11 is 0. The second-order valence-electron chi connectivity index (χ2n) is 9.75. The van der Waals surface area contributed by atoms with Crippen LogP contribution in [0.2, 0.25) is 0 Å². The quantitative estimate of drug-likeness (QED) is 0.397. The molecule has 0 atom stereocenters. The standard InChI is InChI=1S/C30H26N4O2/c1-17(2)33-27(25-21-11-7-5-9-19(21)13-15-31-25)23-24(29(33)35)28(34(18(3)4)30(23)36)26-22-12-8-6-10-20(22)14-16-32-26/h5-18H,1-4H3. The number of pyridine rings is 2. The fraction of sp³-hybridized carbons (Fsp3) is 0.200. The Morgan fingerprint density at radius 1 is 0.583 bits per heavy atom. The summed E-state index contributed by atoms with van der Waals surface area (Å²) in [5.41, 5.74) is 3.26. The van der Waals surface area contributed by atoms with E-state index >= 15 is 0 Å². The Labute approximate surface area is 209 Å². The predicted molar refractivity (Wildman–Crippen MR) is 141 cm³/mol. The van der Waals surface area contributed by atoms with E-state index in [4.69, 9.17) is 9.97 Å². The minimum Gasteiger partial charge on any atom is -0.303 e. The van der Waals surface area contributed by atoms with Gasteiger partial charge in [-0.1, -0.05) is 48.5 Å². The van der Waals surface area contributed by atoms with E-state index < -0.39 is 0 Å². The van der Waals surface area contributed by atoms with E-state index in [0.29, 0.717) is 33.9 Å². The molecule has 2 amide bonds. The van der Waals surface area contributed by atoms with Crippen LogP contribution in [-0.4, -0.2) is 43.7 Å². The zero-order valence-electron chi connectivity index (χ0n) is 20.7. The highest BCUT2D eigenvalue weighted by molar-refractivity contribution is 6.31. The molecule has 4 aromatic rings. The summed E-state index contributed by atoms with van der Waals surface area (Å²) < 4.78 is 0. The molecule has 0 fully saturated rings. The molecule has 6 heteroatoms. The monoisotopic (exact) mass is 474 g/mol. The molecule has 2 aromatic carbocycles. The molecule has 6 rings (SSSR count). The maximum atomic E-state index is 14.2. The van der Waals surface area contributed by atoms with Crippen molar-refractivity contribution in [2.24, 2.45) is 0 Å². The van der Waals surface area contributed by atoms with Gasteiger partial charge >= 0.3 is 0 Å². The summed E-state index contributed by atoms with van der Waals surface area (Å²) in [7, 11) is 0. The maximum Gasteiger partial charge on any atom is 0.261 e. The van der Waals surface area contributed by atoms with E-state index in [1.165, 1.54) is 0 Å². The van der Waals surface area contributed by atoms with E-state index in [-0.39, 0.29) is 23.9 Å². The zero-order valence-corrected chi connectivity index (χ0v) is 20.7. The van der Waals surface area contributed by atoms with Crippen LogP contribution in [0.1, 0.15) is 39.1 Å². The smallest absolute Gasteiger partial charge is 0.261 e. The van der Waals surface area contributed by atoms with Crippen molar-refractivity contribution in [1.29, 1.82) is 0 Å². The van der Waals surface area contributed by atoms with Crippen molar-refractivity contribution in [3.63, 3.8) is 0 Å². The second-order valence-corrected chi connectivity index (χ2v) is 9.75. The second kappa shape index (κ2) is 8.12. The lowest BCUT2D eigenvalue weighted by Gasteiger charge is -2.29. The molecular formula is C30H26N4O2. The van der Waals surface area contributed by atoms with Gasteiger partial charge in [0.05, 0.1) is 33.9 Å². The minimum absolute atomic E-state index is 0.166. The van der Waals surface area contributed by atoms with Gasteiger partial charge in [-0.05, 0) is 50.6 Å². The number of carbonyl (C=O) groups excluding carboxylic acids is 2. The zero-order chi connectivity index (χ0) is 25.1. The normalized spacial score (nSPS) is 16.1. The lowest BCUT2D eigenvalue weighted by atomic mass is 10.0. The molecule has 0 radical (unpaired) electrons. The van der Waals surface area contributed by atoms with E-state index in [0.717, 1.165) is 21.5 Å². The first kappa shape index (κ1) is 22.2. The summed E-state index contributed by atoms with van der Waals surface area (Å²) in [6.45, 7) is 7.86. The van der Waals surface area contributed by atoms with Gasteiger partial charge < -0.3 is 9.80 Å². The summed E-state index contributed by atoms with van der Waals surface area (Å²) in [4.78, 5) is 41.2. The molecule has 2 aromatic heterocycles. The van der Waals surface area contributed by atoms with Gasteiger partial charge in [-0.25, -0.2) is 0 Å². The van der Waals surface area contributed by atoms with E-state index in [2.05, 4.69) is 0 Å². The molecule has 0 spiro atoms. The highest BCUT2D eigenvalue weighted by Crippen LogP contribution is 2.48. The van der Waals surface area contributed by atoms with Gasteiger partial charge in [-0.3, -0.25) is 19.6 Å². The number of amides is 2. The molecule has 36 heavy (non-hydrogen) atoms. The average Bonchev–Trinajstić information content (AvgIpc) is 3.35. The van der Waals surface area contributed by atoms with Crippen molar-refractivity contribution < 1.29 is 9.59 Å². The molecule has 0 N–H and O–H groups in total. The fourth-order valence-electron chi connectivity index (χ4n) is 5.41. The molecule has 0 saturated heterocycles. The van der Waals surface area contributed by atoms with Gasteiger partial charge in [0, 0.05) is 35.2 Å².